The number of thioether (sulfide) groups is 1. The van der Waals surface area contributed by atoms with Gasteiger partial charge in [0.2, 0.25) is 0 Å². The van der Waals surface area contributed by atoms with Crippen molar-refractivity contribution in [2.75, 3.05) is 31.1 Å². The molecule has 2 rings (SSSR count). The first-order valence-electron chi connectivity index (χ1n) is 6.45. The van der Waals surface area contributed by atoms with E-state index in [2.05, 4.69) is 28.9 Å². The predicted octanol–water partition coefficient (Wildman–Crippen LogP) is 1.96. The van der Waals surface area contributed by atoms with Crippen LogP contribution < -0.4 is 5.32 Å². The normalized spacial score (nSPS) is 29.8. The van der Waals surface area contributed by atoms with Gasteiger partial charge < -0.3 is 5.32 Å². The Morgan fingerprint density at radius 3 is 2.80 bits per heavy atom. The summed E-state index contributed by atoms with van der Waals surface area (Å²) in [5.74, 6) is 2.77. The summed E-state index contributed by atoms with van der Waals surface area (Å²) in [6, 6.07) is 1.68. The molecule has 2 saturated heterocycles. The molecule has 2 heterocycles. The molecule has 0 aromatic rings. The molecule has 15 heavy (non-hydrogen) atoms. The van der Waals surface area contributed by atoms with E-state index in [-0.39, 0.29) is 0 Å². The first-order chi connectivity index (χ1) is 7.40. The van der Waals surface area contributed by atoms with Crippen molar-refractivity contribution in [2.45, 2.75) is 44.7 Å². The monoisotopic (exact) mass is 228 g/mol. The molecule has 0 amide bonds. The summed E-state index contributed by atoms with van der Waals surface area (Å²) in [6.07, 6.45) is 5.47. The van der Waals surface area contributed by atoms with Gasteiger partial charge in [0, 0.05) is 25.2 Å². The Bertz CT molecular complexity index is 180. The quantitative estimate of drug-likeness (QED) is 0.792. The van der Waals surface area contributed by atoms with Crippen molar-refractivity contribution in [3.63, 3.8) is 0 Å². The van der Waals surface area contributed by atoms with E-state index in [9.17, 15) is 0 Å². The maximum Gasteiger partial charge on any atom is 0.0207 e. The molecule has 2 aliphatic rings. The maximum absolute atomic E-state index is 3.65. The molecule has 3 heteroatoms. The zero-order valence-corrected chi connectivity index (χ0v) is 10.7. The van der Waals surface area contributed by atoms with Crippen LogP contribution in [-0.2, 0) is 0 Å². The minimum atomic E-state index is 0.777. The van der Waals surface area contributed by atoms with Crippen LogP contribution in [-0.4, -0.2) is 48.1 Å². The number of nitrogens with one attached hydrogen (secondary N) is 1. The van der Waals surface area contributed by atoms with Crippen LogP contribution in [0.5, 0.6) is 0 Å². The summed E-state index contributed by atoms with van der Waals surface area (Å²) in [6.45, 7) is 6.07. The Morgan fingerprint density at radius 1 is 1.27 bits per heavy atom. The van der Waals surface area contributed by atoms with Gasteiger partial charge in [-0.1, -0.05) is 6.92 Å². The fourth-order valence-electron chi connectivity index (χ4n) is 2.68. The fraction of sp³-hybridized carbons (Fsp3) is 1.00. The molecule has 0 aromatic heterocycles. The number of hydrogen-bond donors (Lipinski definition) is 1. The van der Waals surface area contributed by atoms with E-state index in [1.165, 1.54) is 56.8 Å². The van der Waals surface area contributed by atoms with Crippen LogP contribution >= 0.6 is 11.8 Å². The van der Waals surface area contributed by atoms with Gasteiger partial charge in [0.25, 0.3) is 0 Å². The summed E-state index contributed by atoms with van der Waals surface area (Å²) in [5.41, 5.74) is 0. The molecule has 0 aromatic carbocycles. The van der Waals surface area contributed by atoms with Gasteiger partial charge in [-0.25, -0.2) is 0 Å². The van der Waals surface area contributed by atoms with Crippen LogP contribution in [0.3, 0.4) is 0 Å². The van der Waals surface area contributed by atoms with E-state index in [1.807, 2.05) is 0 Å². The average molecular weight is 228 g/mol. The predicted molar refractivity (Wildman–Crippen MR) is 68.6 cm³/mol. The smallest absolute Gasteiger partial charge is 0.0207 e. The van der Waals surface area contributed by atoms with Gasteiger partial charge in [0.1, 0.15) is 0 Å². The second kappa shape index (κ2) is 6.12. The van der Waals surface area contributed by atoms with Gasteiger partial charge in [-0.2, -0.15) is 11.8 Å². The van der Waals surface area contributed by atoms with Crippen molar-refractivity contribution in [1.29, 1.82) is 0 Å². The number of nitrogens with zero attached hydrogens (tertiary/aromatic N) is 1. The topological polar surface area (TPSA) is 15.3 Å². The lowest BCUT2D eigenvalue weighted by Crippen LogP contribution is -2.39. The molecule has 0 radical (unpaired) electrons. The summed E-state index contributed by atoms with van der Waals surface area (Å²) < 4.78 is 0. The van der Waals surface area contributed by atoms with E-state index >= 15 is 0 Å². The van der Waals surface area contributed by atoms with Gasteiger partial charge in [-0.05, 0) is 43.7 Å². The SMILES string of the molecule is CCCNC1CCN(C2CCSCC2)C1. The number of likely N-dealkylation sites (tertiary alicyclic amines) is 1. The minimum Gasteiger partial charge on any atom is -0.313 e. The Kier molecular flexibility index (Phi) is 4.79. The fourth-order valence-corrected chi connectivity index (χ4v) is 3.77. The van der Waals surface area contributed by atoms with E-state index in [0.29, 0.717) is 0 Å². The van der Waals surface area contributed by atoms with E-state index in [1.54, 1.807) is 0 Å². The molecular weight excluding hydrogens is 204 g/mol. The van der Waals surface area contributed by atoms with E-state index < -0.39 is 0 Å². The van der Waals surface area contributed by atoms with Crippen LogP contribution in [0.4, 0.5) is 0 Å². The van der Waals surface area contributed by atoms with E-state index in [0.717, 1.165) is 12.1 Å². The molecule has 2 fully saturated rings. The Morgan fingerprint density at radius 2 is 2.07 bits per heavy atom. The average Bonchev–Trinajstić information content (AvgIpc) is 2.76. The molecule has 0 aliphatic carbocycles. The summed E-state index contributed by atoms with van der Waals surface area (Å²) in [4.78, 5) is 2.73. The highest BCUT2D eigenvalue weighted by molar-refractivity contribution is 7.99. The van der Waals surface area contributed by atoms with Gasteiger partial charge in [-0.15, -0.1) is 0 Å². The molecule has 1 unspecified atom stereocenters. The third-order valence-corrected chi connectivity index (χ3v) is 4.66. The molecule has 2 nitrogen and oxygen atoms in total. The van der Waals surface area contributed by atoms with Gasteiger partial charge in [0.05, 0.1) is 0 Å². The van der Waals surface area contributed by atoms with Gasteiger partial charge in [-0.3, -0.25) is 4.90 Å². The Hall–Kier alpha value is 0.270. The van der Waals surface area contributed by atoms with Crippen molar-refractivity contribution in [3.05, 3.63) is 0 Å². The van der Waals surface area contributed by atoms with Crippen molar-refractivity contribution in [3.8, 4) is 0 Å². The molecular formula is C12H24N2S. The second-order valence-electron chi connectivity index (χ2n) is 4.78. The molecule has 1 atom stereocenters. The van der Waals surface area contributed by atoms with Crippen LogP contribution in [0.25, 0.3) is 0 Å². The highest BCUT2D eigenvalue weighted by Crippen LogP contribution is 2.24. The van der Waals surface area contributed by atoms with Crippen molar-refractivity contribution in [1.82, 2.24) is 10.2 Å². The first kappa shape index (κ1) is 11.7. The van der Waals surface area contributed by atoms with Crippen molar-refractivity contribution >= 4 is 11.8 Å². The standard InChI is InChI=1S/C12H24N2S/c1-2-6-13-11-3-7-14(10-11)12-4-8-15-9-5-12/h11-13H,2-10H2,1H3. The van der Waals surface area contributed by atoms with E-state index in [4.69, 9.17) is 0 Å². The molecule has 0 saturated carbocycles. The molecule has 1 N–H and O–H groups in total. The van der Waals surface area contributed by atoms with Crippen LogP contribution in [0, 0.1) is 0 Å². The minimum absolute atomic E-state index is 0.777. The Labute approximate surface area is 98.2 Å². The van der Waals surface area contributed by atoms with Gasteiger partial charge >= 0.3 is 0 Å². The Balaban J connectivity index is 1.71. The highest BCUT2D eigenvalue weighted by Gasteiger charge is 2.28. The third kappa shape index (κ3) is 3.36. The van der Waals surface area contributed by atoms with Crippen LogP contribution in [0.15, 0.2) is 0 Å². The lowest BCUT2D eigenvalue weighted by atomic mass is 10.1. The number of rotatable bonds is 4. The molecule has 0 spiro atoms. The lowest BCUT2D eigenvalue weighted by molar-refractivity contribution is 0.224. The lowest BCUT2D eigenvalue weighted by Gasteiger charge is -2.30. The van der Waals surface area contributed by atoms with Crippen LogP contribution in [0.2, 0.25) is 0 Å². The highest BCUT2D eigenvalue weighted by atomic mass is 32.2. The second-order valence-corrected chi connectivity index (χ2v) is 6.00. The first-order valence-corrected chi connectivity index (χ1v) is 7.61. The maximum atomic E-state index is 3.65. The van der Waals surface area contributed by atoms with Gasteiger partial charge in [0.15, 0.2) is 0 Å². The van der Waals surface area contributed by atoms with Crippen LogP contribution in [0.1, 0.15) is 32.6 Å². The molecule has 0 bridgehead atoms. The molecule has 2 aliphatic heterocycles. The zero-order valence-electron chi connectivity index (χ0n) is 9.87. The molecule has 88 valence electrons. The third-order valence-electron chi connectivity index (χ3n) is 3.61. The number of hydrogen-bond acceptors (Lipinski definition) is 3. The summed E-state index contributed by atoms with van der Waals surface area (Å²) in [5, 5.41) is 3.65. The summed E-state index contributed by atoms with van der Waals surface area (Å²) >= 11 is 2.13. The summed E-state index contributed by atoms with van der Waals surface area (Å²) in [7, 11) is 0. The zero-order chi connectivity index (χ0) is 10.5. The van der Waals surface area contributed by atoms with Crippen molar-refractivity contribution < 1.29 is 0 Å². The van der Waals surface area contributed by atoms with Crippen molar-refractivity contribution in [2.24, 2.45) is 0 Å². The largest absolute Gasteiger partial charge is 0.313 e.